The van der Waals surface area contributed by atoms with E-state index in [4.69, 9.17) is 0 Å². The molecule has 0 spiro atoms. The van der Waals surface area contributed by atoms with Crippen LogP contribution in [0.4, 0.5) is 0 Å². The van der Waals surface area contributed by atoms with E-state index in [1.807, 2.05) is 6.07 Å². The van der Waals surface area contributed by atoms with Crippen LogP contribution >= 0.6 is 0 Å². The van der Waals surface area contributed by atoms with E-state index in [0.29, 0.717) is 5.92 Å². The highest BCUT2D eigenvalue weighted by atomic mass is 16.3. The maximum atomic E-state index is 9.98. The SMILES string of the molecule is CCCCC(C)CC(O)CCc1ccccc1. The zero-order chi connectivity index (χ0) is 12.5. The van der Waals surface area contributed by atoms with Gasteiger partial charge in [-0.2, -0.15) is 0 Å². The van der Waals surface area contributed by atoms with Crippen LogP contribution in [0.2, 0.25) is 0 Å². The van der Waals surface area contributed by atoms with E-state index < -0.39 is 0 Å². The fraction of sp³-hybridized carbons (Fsp3) is 0.625. The molecule has 17 heavy (non-hydrogen) atoms. The Labute approximate surface area is 106 Å². The Bertz CT molecular complexity index is 281. The summed E-state index contributed by atoms with van der Waals surface area (Å²) in [5, 5.41) is 9.98. The van der Waals surface area contributed by atoms with E-state index in [1.165, 1.54) is 24.8 Å². The molecule has 1 aromatic rings. The predicted octanol–water partition coefficient (Wildman–Crippen LogP) is 4.20. The molecule has 0 aliphatic rings. The van der Waals surface area contributed by atoms with E-state index in [2.05, 4.69) is 38.1 Å². The average Bonchev–Trinajstić information content (AvgIpc) is 2.35. The van der Waals surface area contributed by atoms with Gasteiger partial charge in [0.05, 0.1) is 6.10 Å². The molecular weight excluding hydrogens is 208 g/mol. The Morgan fingerprint density at radius 2 is 1.82 bits per heavy atom. The first-order chi connectivity index (χ1) is 8.22. The summed E-state index contributed by atoms with van der Waals surface area (Å²) in [5.41, 5.74) is 1.33. The Morgan fingerprint density at radius 1 is 1.12 bits per heavy atom. The number of hydrogen-bond donors (Lipinski definition) is 1. The molecule has 0 bridgehead atoms. The van der Waals surface area contributed by atoms with Gasteiger partial charge in [0.25, 0.3) is 0 Å². The van der Waals surface area contributed by atoms with Crippen LogP contribution < -0.4 is 0 Å². The normalized spacial score (nSPS) is 14.5. The smallest absolute Gasteiger partial charge is 0.0546 e. The highest BCUT2D eigenvalue weighted by Gasteiger charge is 2.10. The number of aliphatic hydroxyl groups excluding tert-OH is 1. The first-order valence-electron chi connectivity index (χ1n) is 6.94. The van der Waals surface area contributed by atoms with Gasteiger partial charge in [0, 0.05) is 0 Å². The number of hydrogen-bond acceptors (Lipinski definition) is 1. The van der Waals surface area contributed by atoms with Gasteiger partial charge in [-0.25, -0.2) is 0 Å². The van der Waals surface area contributed by atoms with Crippen LogP contribution in [0, 0.1) is 5.92 Å². The van der Waals surface area contributed by atoms with Crippen LogP contribution in [-0.4, -0.2) is 11.2 Å². The number of benzene rings is 1. The monoisotopic (exact) mass is 234 g/mol. The molecule has 0 fully saturated rings. The molecule has 2 unspecified atom stereocenters. The first kappa shape index (κ1) is 14.2. The summed E-state index contributed by atoms with van der Waals surface area (Å²) in [6.07, 6.45) is 6.48. The average molecular weight is 234 g/mol. The lowest BCUT2D eigenvalue weighted by atomic mass is 9.94. The molecule has 0 aliphatic carbocycles. The number of aliphatic hydroxyl groups is 1. The molecule has 0 aliphatic heterocycles. The Hall–Kier alpha value is -0.820. The number of aryl methyl sites for hydroxylation is 1. The quantitative estimate of drug-likeness (QED) is 0.715. The van der Waals surface area contributed by atoms with Crippen LogP contribution in [0.1, 0.15) is 51.5 Å². The zero-order valence-corrected chi connectivity index (χ0v) is 11.2. The summed E-state index contributed by atoms with van der Waals surface area (Å²) in [6, 6.07) is 10.4. The largest absolute Gasteiger partial charge is 0.393 e. The molecule has 0 heterocycles. The highest BCUT2D eigenvalue weighted by molar-refractivity contribution is 5.14. The van der Waals surface area contributed by atoms with Gasteiger partial charge >= 0.3 is 0 Å². The molecule has 0 aromatic heterocycles. The predicted molar refractivity (Wildman–Crippen MR) is 74.1 cm³/mol. The summed E-state index contributed by atoms with van der Waals surface area (Å²) in [5.74, 6) is 0.653. The molecule has 1 aromatic carbocycles. The van der Waals surface area contributed by atoms with Gasteiger partial charge in [0.15, 0.2) is 0 Å². The third kappa shape index (κ3) is 6.48. The van der Waals surface area contributed by atoms with Gasteiger partial charge in [0.2, 0.25) is 0 Å². The third-order valence-corrected chi connectivity index (χ3v) is 3.33. The Morgan fingerprint density at radius 3 is 2.47 bits per heavy atom. The minimum Gasteiger partial charge on any atom is -0.393 e. The van der Waals surface area contributed by atoms with Crippen LogP contribution in [0.25, 0.3) is 0 Å². The van der Waals surface area contributed by atoms with E-state index >= 15 is 0 Å². The molecule has 1 nitrogen and oxygen atoms in total. The Balaban J connectivity index is 2.19. The fourth-order valence-electron chi connectivity index (χ4n) is 2.23. The zero-order valence-electron chi connectivity index (χ0n) is 11.2. The molecule has 1 heteroatoms. The highest BCUT2D eigenvalue weighted by Crippen LogP contribution is 2.17. The summed E-state index contributed by atoms with van der Waals surface area (Å²) in [6.45, 7) is 4.47. The molecular formula is C16H26O. The molecule has 0 amide bonds. The van der Waals surface area contributed by atoms with Crippen LogP contribution in [-0.2, 0) is 6.42 Å². The molecule has 0 radical (unpaired) electrons. The molecule has 0 saturated heterocycles. The lowest BCUT2D eigenvalue weighted by molar-refractivity contribution is 0.134. The van der Waals surface area contributed by atoms with Crippen LogP contribution in [0.3, 0.4) is 0 Å². The summed E-state index contributed by atoms with van der Waals surface area (Å²) in [4.78, 5) is 0. The van der Waals surface area contributed by atoms with E-state index in [0.717, 1.165) is 19.3 Å². The van der Waals surface area contributed by atoms with E-state index in [-0.39, 0.29) is 6.10 Å². The van der Waals surface area contributed by atoms with Crippen LogP contribution in [0.15, 0.2) is 30.3 Å². The second-order valence-electron chi connectivity index (χ2n) is 5.16. The van der Waals surface area contributed by atoms with E-state index in [1.54, 1.807) is 0 Å². The Kier molecular flexibility index (Phi) is 6.95. The first-order valence-corrected chi connectivity index (χ1v) is 6.94. The topological polar surface area (TPSA) is 20.2 Å². The van der Waals surface area contributed by atoms with Gasteiger partial charge in [0.1, 0.15) is 0 Å². The van der Waals surface area contributed by atoms with Crippen LogP contribution in [0.5, 0.6) is 0 Å². The summed E-state index contributed by atoms with van der Waals surface area (Å²) < 4.78 is 0. The maximum absolute atomic E-state index is 9.98. The van der Waals surface area contributed by atoms with Crippen molar-refractivity contribution in [3.05, 3.63) is 35.9 Å². The lowest BCUT2D eigenvalue weighted by Crippen LogP contribution is -2.12. The minimum atomic E-state index is -0.137. The minimum absolute atomic E-state index is 0.137. The molecule has 96 valence electrons. The third-order valence-electron chi connectivity index (χ3n) is 3.33. The van der Waals surface area contributed by atoms with Gasteiger partial charge in [-0.1, -0.05) is 63.4 Å². The molecule has 1 N–H and O–H groups in total. The summed E-state index contributed by atoms with van der Waals surface area (Å²) in [7, 11) is 0. The van der Waals surface area contributed by atoms with Crippen molar-refractivity contribution < 1.29 is 5.11 Å². The second-order valence-corrected chi connectivity index (χ2v) is 5.16. The fourth-order valence-corrected chi connectivity index (χ4v) is 2.23. The number of unbranched alkanes of at least 4 members (excludes halogenated alkanes) is 1. The van der Waals surface area contributed by atoms with Gasteiger partial charge in [-0.05, 0) is 30.7 Å². The van der Waals surface area contributed by atoms with Crippen molar-refractivity contribution >= 4 is 0 Å². The van der Waals surface area contributed by atoms with Crippen molar-refractivity contribution in [3.63, 3.8) is 0 Å². The number of rotatable bonds is 8. The van der Waals surface area contributed by atoms with Crippen molar-refractivity contribution in [1.29, 1.82) is 0 Å². The summed E-state index contributed by atoms with van der Waals surface area (Å²) >= 11 is 0. The molecule has 0 saturated carbocycles. The van der Waals surface area contributed by atoms with Crippen molar-refractivity contribution in [3.8, 4) is 0 Å². The molecule has 2 atom stereocenters. The van der Waals surface area contributed by atoms with Crippen molar-refractivity contribution in [2.75, 3.05) is 0 Å². The lowest BCUT2D eigenvalue weighted by Gasteiger charge is -2.16. The van der Waals surface area contributed by atoms with Crippen molar-refractivity contribution in [2.24, 2.45) is 5.92 Å². The van der Waals surface area contributed by atoms with Crippen molar-refractivity contribution in [1.82, 2.24) is 0 Å². The van der Waals surface area contributed by atoms with Gasteiger partial charge in [-0.3, -0.25) is 0 Å². The van der Waals surface area contributed by atoms with E-state index in [9.17, 15) is 5.11 Å². The maximum Gasteiger partial charge on any atom is 0.0546 e. The second kappa shape index (κ2) is 8.30. The van der Waals surface area contributed by atoms with Gasteiger partial charge < -0.3 is 5.11 Å². The standard InChI is InChI=1S/C16H26O/c1-3-4-8-14(2)13-16(17)12-11-15-9-6-5-7-10-15/h5-7,9-10,14,16-17H,3-4,8,11-13H2,1-2H3. The molecule has 1 rings (SSSR count). The van der Waals surface area contributed by atoms with Gasteiger partial charge in [-0.15, -0.1) is 0 Å². The van der Waals surface area contributed by atoms with Crippen molar-refractivity contribution in [2.45, 2.75) is 58.5 Å².